The largest absolute Gasteiger partial charge is 0.392 e. The third-order valence-corrected chi connectivity index (χ3v) is 3.07. The predicted molar refractivity (Wildman–Crippen MR) is 53.7 cm³/mol. The van der Waals surface area contributed by atoms with Crippen molar-refractivity contribution in [3.05, 3.63) is 34.9 Å². The summed E-state index contributed by atoms with van der Waals surface area (Å²) < 4.78 is 0. The fraction of sp³-hybridized carbons (Fsp3) is 0.500. The second kappa shape index (κ2) is 3.51. The summed E-state index contributed by atoms with van der Waals surface area (Å²) in [5.74, 6) is 0.676. The van der Waals surface area contributed by atoms with Crippen molar-refractivity contribution in [2.75, 3.05) is 0 Å². The van der Waals surface area contributed by atoms with Crippen molar-refractivity contribution in [3.63, 3.8) is 0 Å². The van der Waals surface area contributed by atoms with Crippen LogP contribution >= 0.6 is 0 Å². The highest BCUT2D eigenvalue weighted by atomic mass is 16.3. The van der Waals surface area contributed by atoms with Gasteiger partial charge in [0.15, 0.2) is 0 Å². The second-order valence-electron chi connectivity index (χ2n) is 3.94. The molecule has 70 valence electrons. The first kappa shape index (κ1) is 8.76. The molecule has 1 nitrogen and oxygen atoms in total. The molecule has 13 heavy (non-hydrogen) atoms. The lowest BCUT2D eigenvalue weighted by Crippen LogP contribution is -2.09. The first-order valence-electron chi connectivity index (χ1n) is 5.04. The summed E-state index contributed by atoms with van der Waals surface area (Å²) in [7, 11) is 0. The molecular formula is C12H16O. The third kappa shape index (κ3) is 1.49. The SMILES string of the molecule is CC1CCCc2c(CO)cccc21. The number of hydrogen-bond acceptors (Lipinski definition) is 1. The Bertz CT molecular complexity index is 304. The van der Waals surface area contributed by atoms with E-state index >= 15 is 0 Å². The number of fused-ring (bicyclic) bond motifs is 1. The van der Waals surface area contributed by atoms with Crippen LogP contribution in [-0.2, 0) is 13.0 Å². The minimum atomic E-state index is 0.190. The summed E-state index contributed by atoms with van der Waals surface area (Å²) in [5.41, 5.74) is 3.99. The zero-order valence-corrected chi connectivity index (χ0v) is 8.09. The minimum absolute atomic E-state index is 0.190. The van der Waals surface area contributed by atoms with Crippen LogP contribution in [0.1, 0.15) is 42.4 Å². The van der Waals surface area contributed by atoms with E-state index in [0.717, 1.165) is 12.0 Å². The van der Waals surface area contributed by atoms with Gasteiger partial charge in [-0.2, -0.15) is 0 Å². The van der Waals surface area contributed by atoms with Gasteiger partial charge >= 0.3 is 0 Å². The molecule has 1 aliphatic carbocycles. The summed E-state index contributed by atoms with van der Waals surface area (Å²) in [6, 6.07) is 6.31. The Morgan fingerprint density at radius 1 is 1.46 bits per heavy atom. The van der Waals surface area contributed by atoms with E-state index in [4.69, 9.17) is 0 Å². The van der Waals surface area contributed by atoms with E-state index in [9.17, 15) is 5.11 Å². The Morgan fingerprint density at radius 2 is 2.31 bits per heavy atom. The van der Waals surface area contributed by atoms with Crippen LogP contribution in [0.15, 0.2) is 18.2 Å². The highest BCUT2D eigenvalue weighted by Gasteiger charge is 2.17. The van der Waals surface area contributed by atoms with Gasteiger partial charge in [-0.15, -0.1) is 0 Å². The molecule has 0 fully saturated rings. The molecule has 1 atom stereocenters. The molecule has 1 N–H and O–H groups in total. The van der Waals surface area contributed by atoms with Gasteiger partial charge in [0.25, 0.3) is 0 Å². The lowest BCUT2D eigenvalue weighted by Gasteiger charge is -2.24. The van der Waals surface area contributed by atoms with Gasteiger partial charge in [-0.3, -0.25) is 0 Å². The molecule has 1 aliphatic rings. The quantitative estimate of drug-likeness (QED) is 0.697. The Morgan fingerprint density at radius 3 is 3.08 bits per heavy atom. The summed E-state index contributed by atoms with van der Waals surface area (Å²) >= 11 is 0. The minimum Gasteiger partial charge on any atom is -0.392 e. The predicted octanol–water partition coefficient (Wildman–Crippen LogP) is 2.62. The molecule has 1 unspecified atom stereocenters. The molecule has 0 saturated carbocycles. The van der Waals surface area contributed by atoms with Gasteiger partial charge in [0, 0.05) is 0 Å². The van der Waals surface area contributed by atoms with Crippen LogP contribution in [-0.4, -0.2) is 5.11 Å². The highest BCUT2D eigenvalue weighted by Crippen LogP contribution is 2.32. The Hall–Kier alpha value is -0.820. The van der Waals surface area contributed by atoms with Crippen LogP contribution in [0.2, 0.25) is 0 Å². The van der Waals surface area contributed by atoms with Crippen LogP contribution in [0.25, 0.3) is 0 Å². The van der Waals surface area contributed by atoms with Crippen molar-refractivity contribution < 1.29 is 5.11 Å². The van der Waals surface area contributed by atoms with Crippen LogP contribution in [0, 0.1) is 0 Å². The molecule has 0 bridgehead atoms. The van der Waals surface area contributed by atoms with Crippen LogP contribution in [0.5, 0.6) is 0 Å². The number of aliphatic hydroxyl groups is 1. The molecule has 0 saturated heterocycles. The fourth-order valence-corrected chi connectivity index (χ4v) is 2.31. The van der Waals surface area contributed by atoms with E-state index in [1.165, 1.54) is 24.0 Å². The molecule has 1 aromatic rings. The molecular weight excluding hydrogens is 160 g/mol. The molecule has 0 heterocycles. The summed E-state index contributed by atoms with van der Waals surface area (Å²) in [6.45, 7) is 2.47. The maximum atomic E-state index is 9.18. The van der Waals surface area contributed by atoms with Gasteiger partial charge < -0.3 is 5.11 Å². The summed E-state index contributed by atoms with van der Waals surface area (Å²) in [6.07, 6.45) is 3.71. The van der Waals surface area contributed by atoms with E-state index in [1.54, 1.807) is 0 Å². The standard InChI is InChI=1S/C12H16O/c1-9-4-2-7-12-10(8-13)5-3-6-11(9)12/h3,5-6,9,13H,2,4,7-8H2,1H3. The normalized spacial score (nSPS) is 21.2. The monoisotopic (exact) mass is 176 g/mol. The number of benzene rings is 1. The van der Waals surface area contributed by atoms with Crippen molar-refractivity contribution in [1.29, 1.82) is 0 Å². The van der Waals surface area contributed by atoms with E-state index in [1.807, 2.05) is 6.07 Å². The number of hydrogen-bond donors (Lipinski definition) is 1. The smallest absolute Gasteiger partial charge is 0.0684 e. The Labute approximate surface area is 79.4 Å². The maximum absolute atomic E-state index is 9.18. The third-order valence-electron chi connectivity index (χ3n) is 3.07. The number of aliphatic hydroxyl groups excluding tert-OH is 1. The highest BCUT2D eigenvalue weighted by molar-refractivity contribution is 5.38. The topological polar surface area (TPSA) is 20.2 Å². The molecule has 1 aromatic carbocycles. The van der Waals surface area contributed by atoms with E-state index < -0.39 is 0 Å². The molecule has 0 spiro atoms. The van der Waals surface area contributed by atoms with Crippen LogP contribution in [0.3, 0.4) is 0 Å². The molecule has 2 rings (SSSR count). The second-order valence-corrected chi connectivity index (χ2v) is 3.94. The molecule has 0 aromatic heterocycles. The maximum Gasteiger partial charge on any atom is 0.0684 e. The lowest BCUT2D eigenvalue weighted by molar-refractivity contribution is 0.280. The van der Waals surface area contributed by atoms with Crippen LogP contribution in [0.4, 0.5) is 0 Å². The van der Waals surface area contributed by atoms with Gasteiger partial charge in [-0.1, -0.05) is 25.1 Å². The molecule has 0 aliphatic heterocycles. The van der Waals surface area contributed by atoms with Crippen molar-refractivity contribution >= 4 is 0 Å². The molecule has 0 amide bonds. The molecule has 1 heteroatoms. The van der Waals surface area contributed by atoms with E-state index in [0.29, 0.717) is 5.92 Å². The van der Waals surface area contributed by atoms with E-state index in [2.05, 4.69) is 19.1 Å². The summed E-state index contributed by atoms with van der Waals surface area (Å²) in [4.78, 5) is 0. The van der Waals surface area contributed by atoms with Gasteiger partial charge in [0.2, 0.25) is 0 Å². The average Bonchev–Trinajstić information content (AvgIpc) is 2.18. The van der Waals surface area contributed by atoms with E-state index in [-0.39, 0.29) is 6.61 Å². The lowest BCUT2D eigenvalue weighted by atomic mass is 9.82. The Kier molecular flexibility index (Phi) is 2.36. The van der Waals surface area contributed by atoms with Crippen molar-refractivity contribution in [3.8, 4) is 0 Å². The van der Waals surface area contributed by atoms with Gasteiger partial charge in [-0.25, -0.2) is 0 Å². The van der Waals surface area contributed by atoms with Crippen molar-refractivity contribution in [2.45, 2.75) is 38.7 Å². The fourth-order valence-electron chi connectivity index (χ4n) is 2.31. The Balaban J connectivity index is 2.48. The zero-order valence-electron chi connectivity index (χ0n) is 8.09. The van der Waals surface area contributed by atoms with Gasteiger partial charge in [-0.05, 0) is 41.9 Å². The zero-order chi connectivity index (χ0) is 9.26. The van der Waals surface area contributed by atoms with Crippen molar-refractivity contribution in [2.24, 2.45) is 0 Å². The first-order valence-corrected chi connectivity index (χ1v) is 5.04. The number of rotatable bonds is 1. The van der Waals surface area contributed by atoms with Crippen molar-refractivity contribution in [1.82, 2.24) is 0 Å². The average molecular weight is 176 g/mol. The molecule has 0 radical (unpaired) electrons. The van der Waals surface area contributed by atoms with Gasteiger partial charge in [0.05, 0.1) is 6.61 Å². The summed E-state index contributed by atoms with van der Waals surface area (Å²) in [5, 5.41) is 9.18. The van der Waals surface area contributed by atoms with Crippen LogP contribution < -0.4 is 0 Å². The van der Waals surface area contributed by atoms with Gasteiger partial charge in [0.1, 0.15) is 0 Å². The first-order chi connectivity index (χ1) is 6.33.